The maximum atomic E-state index is 6.07. The first-order chi connectivity index (χ1) is 9.74. The normalized spacial score (nSPS) is 16.0. The molecule has 20 heavy (non-hydrogen) atoms. The Morgan fingerprint density at radius 1 is 1.15 bits per heavy atom. The Balaban J connectivity index is 1.87. The first-order valence-corrected chi connectivity index (χ1v) is 7.21. The van der Waals surface area contributed by atoms with Gasteiger partial charge in [0.2, 0.25) is 0 Å². The van der Waals surface area contributed by atoms with E-state index < -0.39 is 0 Å². The van der Waals surface area contributed by atoms with E-state index in [4.69, 9.17) is 23.2 Å². The number of aryl methyl sites for hydroxylation is 1. The van der Waals surface area contributed by atoms with Crippen molar-refractivity contribution in [3.63, 3.8) is 0 Å². The molecule has 1 aromatic carbocycles. The molecule has 0 spiro atoms. The monoisotopic (exact) mass is 305 g/mol. The van der Waals surface area contributed by atoms with Gasteiger partial charge in [-0.15, -0.1) is 0 Å². The Kier molecular flexibility index (Phi) is 3.90. The van der Waals surface area contributed by atoms with Gasteiger partial charge < -0.3 is 0 Å². The molecule has 0 atom stereocenters. The molecule has 0 bridgehead atoms. The summed E-state index contributed by atoms with van der Waals surface area (Å²) in [5.41, 5.74) is 6.53. The Hall–Kier alpha value is -1.58. The van der Waals surface area contributed by atoms with E-state index in [0.717, 1.165) is 25.0 Å². The van der Waals surface area contributed by atoms with Gasteiger partial charge in [-0.3, -0.25) is 5.43 Å². The molecule has 1 aliphatic carbocycles. The molecule has 0 amide bonds. The predicted octanol–water partition coefficient (Wildman–Crippen LogP) is 4.54. The zero-order valence-electron chi connectivity index (χ0n) is 10.7. The van der Waals surface area contributed by atoms with Gasteiger partial charge in [-0.1, -0.05) is 47.5 Å². The van der Waals surface area contributed by atoms with Crippen molar-refractivity contribution in [3.8, 4) is 0 Å². The molecular weight excluding hydrogens is 293 g/mol. The highest BCUT2D eigenvalue weighted by Crippen LogP contribution is 2.24. The van der Waals surface area contributed by atoms with Crippen molar-refractivity contribution < 1.29 is 0 Å². The van der Waals surface area contributed by atoms with Crippen molar-refractivity contribution >= 4 is 34.7 Å². The van der Waals surface area contributed by atoms with E-state index in [2.05, 4.69) is 33.7 Å². The van der Waals surface area contributed by atoms with Crippen LogP contribution in [0.25, 0.3) is 0 Å². The second kappa shape index (κ2) is 5.81. The van der Waals surface area contributed by atoms with Crippen molar-refractivity contribution in [2.75, 3.05) is 5.43 Å². The summed E-state index contributed by atoms with van der Waals surface area (Å²) in [5, 5.41) is 5.44. The van der Waals surface area contributed by atoms with Crippen LogP contribution in [0, 0.1) is 0 Å². The van der Waals surface area contributed by atoms with Gasteiger partial charge in [-0.2, -0.15) is 5.10 Å². The van der Waals surface area contributed by atoms with Gasteiger partial charge >= 0.3 is 0 Å². The maximum absolute atomic E-state index is 6.07. The topological polar surface area (TPSA) is 37.3 Å². The molecular formula is C15H13Cl2N3. The molecule has 0 radical (unpaired) electrons. The maximum Gasteiger partial charge on any atom is 0.165 e. The summed E-state index contributed by atoms with van der Waals surface area (Å²) >= 11 is 11.9. The molecule has 1 aromatic heterocycles. The lowest BCUT2D eigenvalue weighted by Crippen LogP contribution is -2.13. The summed E-state index contributed by atoms with van der Waals surface area (Å²) in [6, 6.07) is 10.00. The van der Waals surface area contributed by atoms with E-state index >= 15 is 0 Å². The van der Waals surface area contributed by atoms with E-state index in [1.165, 1.54) is 11.1 Å². The van der Waals surface area contributed by atoms with Crippen LogP contribution in [0.3, 0.4) is 0 Å². The molecule has 102 valence electrons. The van der Waals surface area contributed by atoms with Crippen molar-refractivity contribution in [3.05, 3.63) is 57.7 Å². The molecule has 5 heteroatoms. The van der Waals surface area contributed by atoms with Gasteiger partial charge in [0.1, 0.15) is 0 Å². The number of halogens is 2. The van der Waals surface area contributed by atoms with Crippen LogP contribution in [0.2, 0.25) is 10.0 Å². The summed E-state index contributed by atoms with van der Waals surface area (Å²) in [7, 11) is 0. The van der Waals surface area contributed by atoms with Crippen LogP contribution in [0.1, 0.15) is 24.0 Å². The lowest BCUT2D eigenvalue weighted by atomic mass is 9.90. The smallest absolute Gasteiger partial charge is 0.165 e. The number of anilines is 1. The lowest BCUT2D eigenvalue weighted by Gasteiger charge is -2.17. The average Bonchev–Trinajstić information content (AvgIpc) is 2.46. The van der Waals surface area contributed by atoms with Gasteiger partial charge in [-0.05, 0) is 30.9 Å². The average molecular weight is 306 g/mol. The number of benzene rings is 1. The number of pyridine rings is 1. The van der Waals surface area contributed by atoms with Crippen molar-refractivity contribution in [1.29, 1.82) is 0 Å². The number of hydrazone groups is 1. The standard InChI is InChI=1S/C15H13Cl2N3/c16-11-8-13(17)15(18-9-11)20-19-14-7-3-5-10-4-1-2-6-12(10)14/h1-2,4,6,8-9H,3,5,7H2,(H,18,20). The summed E-state index contributed by atoms with van der Waals surface area (Å²) < 4.78 is 0. The quantitative estimate of drug-likeness (QED) is 0.827. The Bertz CT molecular complexity index is 668. The number of hydrogen-bond acceptors (Lipinski definition) is 3. The number of nitrogens with one attached hydrogen (secondary N) is 1. The molecule has 0 aliphatic heterocycles. The molecule has 2 aromatic rings. The fourth-order valence-corrected chi connectivity index (χ4v) is 2.76. The van der Waals surface area contributed by atoms with Crippen LogP contribution in [-0.2, 0) is 6.42 Å². The second-order valence-electron chi connectivity index (χ2n) is 4.66. The van der Waals surface area contributed by atoms with Gasteiger partial charge in [-0.25, -0.2) is 4.98 Å². The zero-order valence-corrected chi connectivity index (χ0v) is 12.2. The summed E-state index contributed by atoms with van der Waals surface area (Å²) in [4.78, 5) is 4.14. The molecule has 3 nitrogen and oxygen atoms in total. The molecule has 3 rings (SSSR count). The van der Waals surface area contributed by atoms with E-state index in [0.29, 0.717) is 15.9 Å². The second-order valence-corrected chi connectivity index (χ2v) is 5.51. The highest BCUT2D eigenvalue weighted by atomic mass is 35.5. The van der Waals surface area contributed by atoms with E-state index in [-0.39, 0.29) is 0 Å². The van der Waals surface area contributed by atoms with Gasteiger partial charge in [0.25, 0.3) is 0 Å². The van der Waals surface area contributed by atoms with E-state index in [9.17, 15) is 0 Å². The SMILES string of the molecule is Clc1cnc(NN=C2CCCc3ccccc32)c(Cl)c1. The number of aromatic nitrogens is 1. The highest BCUT2D eigenvalue weighted by Gasteiger charge is 2.14. The van der Waals surface area contributed by atoms with Crippen LogP contribution in [0.15, 0.2) is 41.6 Å². The molecule has 1 aliphatic rings. The van der Waals surface area contributed by atoms with Crippen LogP contribution in [0.5, 0.6) is 0 Å². The largest absolute Gasteiger partial charge is 0.260 e. The summed E-state index contributed by atoms with van der Waals surface area (Å²) in [5.74, 6) is 0.520. The first kappa shape index (κ1) is 13.4. The molecule has 0 saturated heterocycles. The Labute approximate surface area is 127 Å². The molecule has 1 N–H and O–H groups in total. The van der Waals surface area contributed by atoms with Gasteiger partial charge in [0.15, 0.2) is 5.82 Å². The molecule has 0 saturated carbocycles. The van der Waals surface area contributed by atoms with Crippen LogP contribution in [0.4, 0.5) is 5.82 Å². The fourth-order valence-electron chi connectivity index (χ4n) is 2.33. The zero-order chi connectivity index (χ0) is 13.9. The van der Waals surface area contributed by atoms with Crippen molar-refractivity contribution in [2.45, 2.75) is 19.3 Å². The lowest BCUT2D eigenvalue weighted by molar-refractivity contribution is 0.837. The van der Waals surface area contributed by atoms with E-state index in [1.807, 2.05) is 6.07 Å². The third-order valence-corrected chi connectivity index (χ3v) is 3.79. The fraction of sp³-hybridized carbons (Fsp3) is 0.200. The summed E-state index contributed by atoms with van der Waals surface area (Å²) in [6.45, 7) is 0. The Morgan fingerprint density at radius 2 is 2.00 bits per heavy atom. The van der Waals surface area contributed by atoms with Crippen LogP contribution < -0.4 is 5.43 Å². The molecule has 0 unspecified atom stereocenters. The third-order valence-electron chi connectivity index (χ3n) is 3.29. The number of fused-ring (bicyclic) bond motifs is 1. The van der Waals surface area contributed by atoms with Crippen LogP contribution >= 0.6 is 23.2 Å². The number of hydrogen-bond donors (Lipinski definition) is 1. The predicted molar refractivity (Wildman–Crippen MR) is 83.8 cm³/mol. The minimum absolute atomic E-state index is 0.464. The third kappa shape index (κ3) is 2.79. The summed E-state index contributed by atoms with van der Waals surface area (Å²) in [6.07, 6.45) is 4.72. The minimum Gasteiger partial charge on any atom is -0.260 e. The van der Waals surface area contributed by atoms with Gasteiger partial charge in [0, 0.05) is 11.8 Å². The minimum atomic E-state index is 0.464. The molecule has 0 fully saturated rings. The van der Waals surface area contributed by atoms with Crippen LogP contribution in [-0.4, -0.2) is 10.7 Å². The number of nitrogens with zero attached hydrogens (tertiary/aromatic N) is 2. The van der Waals surface area contributed by atoms with Crippen molar-refractivity contribution in [1.82, 2.24) is 4.98 Å². The number of rotatable bonds is 2. The Morgan fingerprint density at radius 3 is 2.85 bits per heavy atom. The first-order valence-electron chi connectivity index (χ1n) is 6.46. The molecule has 1 heterocycles. The van der Waals surface area contributed by atoms with E-state index in [1.54, 1.807) is 12.3 Å². The van der Waals surface area contributed by atoms with Crippen molar-refractivity contribution in [2.24, 2.45) is 5.10 Å². The highest BCUT2D eigenvalue weighted by molar-refractivity contribution is 6.35. The van der Waals surface area contributed by atoms with Gasteiger partial charge in [0.05, 0.1) is 15.8 Å².